The molecule has 3 N–H and O–H groups in total. The predicted octanol–water partition coefficient (Wildman–Crippen LogP) is 2.00. The second kappa shape index (κ2) is 6.35. The van der Waals surface area contributed by atoms with Gasteiger partial charge in [-0.15, -0.1) is 0 Å². The zero-order valence-electron chi connectivity index (χ0n) is 8.74. The number of rotatable bonds is 6. The summed E-state index contributed by atoms with van der Waals surface area (Å²) < 4.78 is 0. The SMILES string of the molecule is O=C(O)CCCNCc1cccc(Cl)c1O. The van der Waals surface area contributed by atoms with Gasteiger partial charge in [0.25, 0.3) is 0 Å². The molecule has 0 aliphatic rings. The van der Waals surface area contributed by atoms with Gasteiger partial charge in [-0.25, -0.2) is 0 Å². The van der Waals surface area contributed by atoms with Gasteiger partial charge in [-0.05, 0) is 19.0 Å². The normalized spacial score (nSPS) is 10.3. The van der Waals surface area contributed by atoms with Crippen LogP contribution in [0.3, 0.4) is 0 Å². The van der Waals surface area contributed by atoms with Gasteiger partial charge in [0.2, 0.25) is 0 Å². The van der Waals surface area contributed by atoms with E-state index in [0.29, 0.717) is 30.1 Å². The van der Waals surface area contributed by atoms with Crippen molar-refractivity contribution in [3.05, 3.63) is 28.8 Å². The summed E-state index contributed by atoms with van der Waals surface area (Å²) in [5.74, 6) is -0.720. The molecule has 0 aliphatic carbocycles. The summed E-state index contributed by atoms with van der Waals surface area (Å²) in [7, 11) is 0. The first-order valence-electron chi connectivity index (χ1n) is 5.00. The summed E-state index contributed by atoms with van der Waals surface area (Å²) in [6.07, 6.45) is 0.713. The van der Waals surface area contributed by atoms with Crippen molar-refractivity contribution in [2.45, 2.75) is 19.4 Å². The first-order valence-corrected chi connectivity index (χ1v) is 5.38. The van der Waals surface area contributed by atoms with Gasteiger partial charge < -0.3 is 15.5 Å². The summed E-state index contributed by atoms with van der Waals surface area (Å²) in [5, 5.41) is 21.4. The minimum atomic E-state index is -0.799. The minimum absolute atomic E-state index is 0.0786. The van der Waals surface area contributed by atoms with Crippen molar-refractivity contribution in [2.75, 3.05) is 6.54 Å². The second-order valence-electron chi connectivity index (χ2n) is 3.42. The van der Waals surface area contributed by atoms with E-state index in [0.717, 1.165) is 0 Å². The predicted molar refractivity (Wildman–Crippen MR) is 61.7 cm³/mol. The number of benzene rings is 1. The van der Waals surface area contributed by atoms with Crippen molar-refractivity contribution in [1.82, 2.24) is 5.32 Å². The number of halogens is 1. The molecular formula is C11H14ClNO3. The minimum Gasteiger partial charge on any atom is -0.506 e. The Bertz CT molecular complexity index is 368. The van der Waals surface area contributed by atoms with Gasteiger partial charge in [-0.3, -0.25) is 4.79 Å². The van der Waals surface area contributed by atoms with Crippen LogP contribution in [0.15, 0.2) is 18.2 Å². The van der Waals surface area contributed by atoms with Crippen molar-refractivity contribution in [3.63, 3.8) is 0 Å². The first-order chi connectivity index (χ1) is 7.61. The van der Waals surface area contributed by atoms with E-state index in [4.69, 9.17) is 16.7 Å². The van der Waals surface area contributed by atoms with Gasteiger partial charge in [0.15, 0.2) is 0 Å². The highest BCUT2D eigenvalue weighted by molar-refractivity contribution is 6.32. The van der Waals surface area contributed by atoms with Crippen LogP contribution in [-0.2, 0) is 11.3 Å². The Morgan fingerprint density at radius 3 is 2.88 bits per heavy atom. The average Bonchev–Trinajstić information content (AvgIpc) is 2.23. The lowest BCUT2D eigenvalue weighted by atomic mass is 10.2. The smallest absolute Gasteiger partial charge is 0.303 e. The first kappa shape index (κ1) is 12.8. The number of carbonyl (C=O) groups is 1. The molecule has 0 amide bonds. The molecule has 1 aromatic rings. The molecule has 88 valence electrons. The number of nitrogens with one attached hydrogen (secondary N) is 1. The Morgan fingerprint density at radius 1 is 1.44 bits per heavy atom. The molecule has 0 unspecified atom stereocenters. The van der Waals surface area contributed by atoms with Gasteiger partial charge >= 0.3 is 5.97 Å². The van der Waals surface area contributed by atoms with Crippen molar-refractivity contribution in [1.29, 1.82) is 0 Å². The molecule has 0 radical (unpaired) electrons. The summed E-state index contributed by atoms with van der Waals surface area (Å²) >= 11 is 5.74. The van der Waals surface area contributed by atoms with Crippen LogP contribution in [0, 0.1) is 0 Å². The van der Waals surface area contributed by atoms with E-state index < -0.39 is 5.97 Å². The maximum absolute atomic E-state index is 10.2. The lowest BCUT2D eigenvalue weighted by Gasteiger charge is -2.07. The fourth-order valence-corrected chi connectivity index (χ4v) is 1.48. The molecule has 0 bridgehead atoms. The number of carboxylic acids is 1. The zero-order chi connectivity index (χ0) is 12.0. The van der Waals surface area contributed by atoms with Crippen LogP contribution in [-0.4, -0.2) is 22.7 Å². The molecule has 1 rings (SSSR count). The van der Waals surface area contributed by atoms with Crippen LogP contribution in [0.1, 0.15) is 18.4 Å². The number of phenolic OH excluding ortho intramolecular Hbond substituents is 1. The van der Waals surface area contributed by atoms with Crippen molar-refractivity contribution >= 4 is 17.6 Å². The third-order valence-electron chi connectivity index (χ3n) is 2.13. The Balaban J connectivity index is 2.32. The summed E-state index contributed by atoms with van der Waals surface area (Å²) in [4.78, 5) is 10.2. The topological polar surface area (TPSA) is 69.6 Å². The molecule has 0 saturated carbocycles. The Hall–Kier alpha value is -1.26. The van der Waals surface area contributed by atoms with Gasteiger partial charge in [0.1, 0.15) is 5.75 Å². The van der Waals surface area contributed by atoms with Crippen molar-refractivity contribution in [2.24, 2.45) is 0 Å². The fourth-order valence-electron chi connectivity index (χ4n) is 1.29. The van der Waals surface area contributed by atoms with Crippen LogP contribution >= 0.6 is 11.6 Å². The summed E-state index contributed by atoms with van der Waals surface area (Å²) in [5.41, 5.74) is 0.711. The maximum atomic E-state index is 10.2. The molecule has 0 spiro atoms. The Morgan fingerprint density at radius 2 is 2.19 bits per heavy atom. The molecule has 0 aliphatic heterocycles. The van der Waals surface area contributed by atoms with E-state index >= 15 is 0 Å². The van der Waals surface area contributed by atoms with Crippen LogP contribution < -0.4 is 5.32 Å². The monoisotopic (exact) mass is 243 g/mol. The van der Waals surface area contributed by atoms with E-state index in [1.807, 2.05) is 0 Å². The van der Waals surface area contributed by atoms with Crippen LogP contribution in [0.2, 0.25) is 5.02 Å². The fraction of sp³-hybridized carbons (Fsp3) is 0.364. The van der Waals surface area contributed by atoms with E-state index in [1.165, 1.54) is 0 Å². The molecular weight excluding hydrogens is 230 g/mol. The molecule has 1 aromatic carbocycles. The number of carboxylic acid groups (broad SMARTS) is 1. The number of phenols is 1. The summed E-state index contributed by atoms with van der Waals surface area (Å²) in [6, 6.07) is 5.15. The van der Waals surface area contributed by atoms with Gasteiger partial charge in [0.05, 0.1) is 5.02 Å². The molecule has 0 saturated heterocycles. The largest absolute Gasteiger partial charge is 0.506 e. The lowest BCUT2D eigenvalue weighted by Crippen LogP contribution is -2.15. The molecule has 5 heteroatoms. The van der Waals surface area contributed by atoms with Crippen LogP contribution in [0.4, 0.5) is 0 Å². The van der Waals surface area contributed by atoms with E-state index in [9.17, 15) is 9.90 Å². The number of aromatic hydroxyl groups is 1. The second-order valence-corrected chi connectivity index (χ2v) is 3.83. The molecule has 16 heavy (non-hydrogen) atoms. The Labute approximate surface area is 98.9 Å². The average molecular weight is 244 g/mol. The Kier molecular flexibility index (Phi) is 5.08. The zero-order valence-corrected chi connectivity index (χ0v) is 9.50. The van der Waals surface area contributed by atoms with Gasteiger partial charge in [-0.2, -0.15) is 0 Å². The third-order valence-corrected chi connectivity index (χ3v) is 2.43. The van der Waals surface area contributed by atoms with E-state index in [2.05, 4.69) is 5.32 Å². The third kappa shape index (κ3) is 4.08. The number of para-hydroxylation sites is 1. The lowest BCUT2D eigenvalue weighted by molar-refractivity contribution is -0.137. The van der Waals surface area contributed by atoms with E-state index in [1.54, 1.807) is 18.2 Å². The number of hydrogen-bond acceptors (Lipinski definition) is 3. The van der Waals surface area contributed by atoms with Gasteiger partial charge in [0, 0.05) is 18.5 Å². The molecule has 0 atom stereocenters. The number of aliphatic carboxylic acids is 1. The van der Waals surface area contributed by atoms with Crippen molar-refractivity contribution in [3.8, 4) is 5.75 Å². The standard InChI is InChI=1S/C11H14ClNO3/c12-9-4-1-3-8(11(9)16)7-13-6-2-5-10(14)15/h1,3-4,13,16H,2,5-7H2,(H,14,15). The quantitative estimate of drug-likeness (QED) is 0.669. The highest BCUT2D eigenvalue weighted by Gasteiger charge is 2.04. The molecule has 0 aromatic heterocycles. The molecule has 0 fully saturated rings. The maximum Gasteiger partial charge on any atom is 0.303 e. The highest BCUT2D eigenvalue weighted by atomic mass is 35.5. The number of hydrogen-bond donors (Lipinski definition) is 3. The highest BCUT2D eigenvalue weighted by Crippen LogP contribution is 2.26. The molecule has 0 heterocycles. The van der Waals surface area contributed by atoms with E-state index in [-0.39, 0.29) is 12.2 Å². The van der Waals surface area contributed by atoms with Gasteiger partial charge in [-0.1, -0.05) is 23.7 Å². The van der Waals surface area contributed by atoms with Crippen molar-refractivity contribution < 1.29 is 15.0 Å². The van der Waals surface area contributed by atoms with Crippen LogP contribution in [0.5, 0.6) is 5.75 Å². The molecule has 4 nitrogen and oxygen atoms in total. The summed E-state index contributed by atoms with van der Waals surface area (Å²) in [6.45, 7) is 1.07. The van der Waals surface area contributed by atoms with Crippen LogP contribution in [0.25, 0.3) is 0 Å².